The second-order valence-corrected chi connectivity index (χ2v) is 6.28. The number of rotatable bonds is 5. The summed E-state index contributed by atoms with van der Waals surface area (Å²) >= 11 is 1.86. The first-order valence-electron chi connectivity index (χ1n) is 7.17. The Balaban J connectivity index is 1.52. The number of carbonyl (C=O) groups excluding carboxylic acids is 1. The molecule has 2 N–H and O–H groups in total. The van der Waals surface area contributed by atoms with Crippen LogP contribution in [-0.2, 0) is 4.79 Å². The highest BCUT2D eigenvalue weighted by Gasteiger charge is 2.20. The Morgan fingerprint density at radius 1 is 1.33 bits per heavy atom. The predicted molar refractivity (Wildman–Crippen MR) is 77.0 cm³/mol. The zero-order valence-electron chi connectivity index (χ0n) is 11.1. The van der Waals surface area contributed by atoms with Gasteiger partial charge in [-0.1, -0.05) is 6.42 Å². The minimum absolute atomic E-state index is 0.0266. The van der Waals surface area contributed by atoms with Crippen molar-refractivity contribution in [3.8, 4) is 0 Å². The molecule has 2 heterocycles. The van der Waals surface area contributed by atoms with Crippen molar-refractivity contribution < 1.29 is 4.79 Å². The van der Waals surface area contributed by atoms with Crippen LogP contribution in [0.2, 0.25) is 0 Å². The molecule has 2 saturated heterocycles. The van der Waals surface area contributed by atoms with Gasteiger partial charge in [0, 0.05) is 24.6 Å². The van der Waals surface area contributed by atoms with Gasteiger partial charge in [-0.2, -0.15) is 11.8 Å². The summed E-state index contributed by atoms with van der Waals surface area (Å²) < 4.78 is 0. The fourth-order valence-electron chi connectivity index (χ4n) is 2.55. The predicted octanol–water partition coefficient (Wildman–Crippen LogP) is 0.684. The van der Waals surface area contributed by atoms with Crippen LogP contribution < -0.4 is 10.6 Å². The van der Waals surface area contributed by atoms with Crippen LogP contribution in [-0.4, -0.2) is 61.1 Å². The maximum Gasteiger partial charge on any atom is 0.237 e. The van der Waals surface area contributed by atoms with E-state index in [9.17, 15) is 4.79 Å². The Bertz CT molecular complexity index is 251. The summed E-state index contributed by atoms with van der Waals surface area (Å²) in [4.78, 5) is 14.4. The van der Waals surface area contributed by atoms with Crippen molar-refractivity contribution in [2.75, 3.05) is 44.2 Å². The van der Waals surface area contributed by atoms with Crippen molar-refractivity contribution in [1.82, 2.24) is 15.5 Å². The lowest BCUT2D eigenvalue weighted by Gasteiger charge is -2.26. The number of carbonyl (C=O) groups is 1. The fraction of sp³-hybridized carbons (Fsp3) is 0.923. The number of likely N-dealkylation sites (tertiary alicyclic amines) is 1. The molecule has 2 rings (SSSR count). The molecule has 4 nitrogen and oxygen atoms in total. The van der Waals surface area contributed by atoms with Crippen LogP contribution >= 0.6 is 11.8 Å². The first kappa shape index (κ1) is 14.2. The Morgan fingerprint density at radius 3 is 2.89 bits per heavy atom. The first-order chi connectivity index (χ1) is 8.86. The maximum absolute atomic E-state index is 11.8. The largest absolute Gasteiger partial charge is 0.355 e. The van der Waals surface area contributed by atoms with Gasteiger partial charge >= 0.3 is 0 Å². The van der Waals surface area contributed by atoms with Crippen LogP contribution in [0.5, 0.6) is 0 Å². The third-order valence-electron chi connectivity index (χ3n) is 3.64. The lowest BCUT2D eigenvalue weighted by Crippen LogP contribution is -2.49. The molecule has 0 aromatic carbocycles. The van der Waals surface area contributed by atoms with Crippen molar-refractivity contribution in [2.45, 2.75) is 31.7 Å². The Hall–Kier alpha value is -0.260. The quantitative estimate of drug-likeness (QED) is 0.722. The van der Waals surface area contributed by atoms with Crippen LogP contribution in [0.15, 0.2) is 0 Å². The monoisotopic (exact) mass is 271 g/mol. The normalized spacial score (nSPS) is 25.9. The van der Waals surface area contributed by atoms with Gasteiger partial charge in [0.2, 0.25) is 5.91 Å². The molecule has 0 aromatic heterocycles. The highest BCUT2D eigenvalue weighted by atomic mass is 32.2. The first-order valence-corrected chi connectivity index (χ1v) is 8.33. The van der Waals surface area contributed by atoms with Crippen LogP contribution in [0.4, 0.5) is 0 Å². The highest BCUT2D eigenvalue weighted by molar-refractivity contribution is 7.99. The molecule has 0 spiro atoms. The van der Waals surface area contributed by atoms with Gasteiger partial charge in [-0.05, 0) is 38.9 Å². The van der Waals surface area contributed by atoms with Crippen molar-refractivity contribution in [3.63, 3.8) is 0 Å². The molecule has 2 aliphatic heterocycles. The summed E-state index contributed by atoms with van der Waals surface area (Å²) in [5.41, 5.74) is 0. The van der Waals surface area contributed by atoms with Gasteiger partial charge in [0.25, 0.3) is 0 Å². The molecule has 104 valence electrons. The molecule has 0 saturated carbocycles. The maximum atomic E-state index is 11.8. The molecule has 0 radical (unpaired) electrons. The molecule has 1 atom stereocenters. The molecule has 2 fully saturated rings. The standard InChI is InChI=1S/C13H25N3OS/c17-13(12-11-18-10-6-14-12)15-5-4-9-16-7-2-1-3-8-16/h12,14H,1-11H2,(H,15,17). The minimum atomic E-state index is 0.0266. The molecule has 0 aromatic rings. The molecular weight excluding hydrogens is 246 g/mol. The zero-order chi connectivity index (χ0) is 12.6. The second-order valence-electron chi connectivity index (χ2n) is 5.13. The Kier molecular flexibility index (Phi) is 6.31. The lowest BCUT2D eigenvalue weighted by atomic mass is 10.1. The van der Waals surface area contributed by atoms with Crippen molar-refractivity contribution in [3.05, 3.63) is 0 Å². The van der Waals surface area contributed by atoms with E-state index in [2.05, 4.69) is 15.5 Å². The number of amides is 1. The summed E-state index contributed by atoms with van der Waals surface area (Å²) in [7, 11) is 0. The molecule has 2 aliphatic rings. The molecule has 1 unspecified atom stereocenters. The number of nitrogens with zero attached hydrogens (tertiary/aromatic N) is 1. The number of hydrogen-bond donors (Lipinski definition) is 2. The van der Waals surface area contributed by atoms with Crippen LogP contribution in [0.25, 0.3) is 0 Å². The van der Waals surface area contributed by atoms with E-state index in [0.717, 1.165) is 37.6 Å². The number of thioether (sulfide) groups is 1. The van der Waals surface area contributed by atoms with Crippen molar-refractivity contribution >= 4 is 17.7 Å². The lowest BCUT2D eigenvalue weighted by molar-refractivity contribution is -0.122. The molecule has 0 aliphatic carbocycles. The van der Waals surface area contributed by atoms with E-state index in [1.165, 1.54) is 32.4 Å². The average Bonchev–Trinajstić information content (AvgIpc) is 2.45. The van der Waals surface area contributed by atoms with Crippen molar-refractivity contribution in [1.29, 1.82) is 0 Å². The van der Waals surface area contributed by atoms with Crippen LogP contribution in [0.1, 0.15) is 25.7 Å². The van der Waals surface area contributed by atoms with Crippen LogP contribution in [0.3, 0.4) is 0 Å². The van der Waals surface area contributed by atoms with Crippen molar-refractivity contribution in [2.24, 2.45) is 0 Å². The topological polar surface area (TPSA) is 44.4 Å². The van der Waals surface area contributed by atoms with Gasteiger partial charge in [0.1, 0.15) is 0 Å². The van der Waals surface area contributed by atoms with Gasteiger partial charge in [0.05, 0.1) is 6.04 Å². The molecular formula is C13H25N3OS. The van der Waals surface area contributed by atoms with E-state index >= 15 is 0 Å². The number of hydrogen-bond acceptors (Lipinski definition) is 4. The average molecular weight is 271 g/mol. The van der Waals surface area contributed by atoms with Gasteiger partial charge in [-0.3, -0.25) is 4.79 Å². The Labute approximate surface area is 114 Å². The fourth-order valence-corrected chi connectivity index (χ4v) is 3.49. The molecule has 1 amide bonds. The van der Waals surface area contributed by atoms with Gasteiger partial charge in [0.15, 0.2) is 0 Å². The summed E-state index contributed by atoms with van der Waals surface area (Å²) in [6.07, 6.45) is 5.15. The summed E-state index contributed by atoms with van der Waals surface area (Å²) in [5, 5.41) is 6.32. The summed E-state index contributed by atoms with van der Waals surface area (Å²) in [6.45, 7) is 5.39. The van der Waals surface area contributed by atoms with Crippen LogP contribution in [0, 0.1) is 0 Å². The van der Waals surface area contributed by atoms with E-state index < -0.39 is 0 Å². The molecule has 0 bridgehead atoms. The molecule has 5 heteroatoms. The SMILES string of the molecule is O=C(NCCCN1CCCCC1)C1CSCCN1. The third-order valence-corrected chi connectivity index (χ3v) is 4.70. The van der Waals surface area contributed by atoms with Gasteiger partial charge in [-0.25, -0.2) is 0 Å². The third kappa shape index (κ3) is 4.78. The minimum Gasteiger partial charge on any atom is -0.355 e. The summed E-state index contributed by atoms with van der Waals surface area (Å²) in [5.74, 6) is 2.22. The van der Waals surface area contributed by atoms with E-state index in [-0.39, 0.29) is 11.9 Å². The number of nitrogens with one attached hydrogen (secondary N) is 2. The second kappa shape index (κ2) is 8.02. The zero-order valence-corrected chi connectivity index (χ0v) is 11.9. The van der Waals surface area contributed by atoms with E-state index in [0.29, 0.717) is 0 Å². The smallest absolute Gasteiger partial charge is 0.237 e. The number of piperidine rings is 1. The van der Waals surface area contributed by atoms with E-state index in [1.807, 2.05) is 11.8 Å². The van der Waals surface area contributed by atoms with E-state index in [4.69, 9.17) is 0 Å². The van der Waals surface area contributed by atoms with Gasteiger partial charge in [-0.15, -0.1) is 0 Å². The molecule has 18 heavy (non-hydrogen) atoms. The van der Waals surface area contributed by atoms with Gasteiger partial charge < -0.3 is 15.5 Å². The summed E-state index contributed by atoms with van der Waals surface area (Å²) in [6, 6.07) is 0.0266. The van der Waals surface area contributed by atoms with E-state index in [1.54, 1.807) is 0 Å². The highest BCUT2D eigenvalue weighted by Crippen LogP contribution is 2.09. The Morgan fingerprint density at radius 2 is 2.17 bits per heavy atom.